The van der Waals surface area contributed by atoms with E-state index in [2.05, 4.69) is 9.97 Å². The lowest BCUT2D eigenvalue weighted by atomic mass is 10.2. The normalized spacial score (nSPS) is 10.8. The molecule has 0 atom stereocenters. The van der Waals surface area contributed by atoms with Crippen LogP contribution in [0.5, 0.6) is 0 Å². The number of hydrogen-bond donors (Lipinski definition) is 0. The van der Waals surface area contributed by atoms with E-state index in [-0.39, 0.29) is 18.7 Å². The fraction of sp³-hybridized carbons (Fsp3) is 0.100. The maximum atomic E-state index is 12.4. The van der Waals surface area contributed by atoms with Gasteiger partial charge in [-0.25, -0.2) is 9.97 Å². The molecular formula is C20H15N3O3S. The summed E-state index contributed by atoms with van der Waals surface area (Å²) < 4.78 is 6.52. The Hall–Kier alpha value is -3.32. The Morgan fingerprint density at radius 3 is 2.70 bits per heavy atom. The fourth-order valence-electron chi connectivity index (χ4n) is 2.64. The van der Waals surface area contributed by atoms with E-state index in [4.69, 9.17) is 4.74 Å². The van der Waals surface area contributed by atoms with E-state index < -0.39 is 5.97 Å². The third-order valence-corrected chi connectivity index (χ3v) is 4.92. The Balaban J connectivity index is 1.41. The molecule has 27 heavy (non-hydrogen) atoms. The second kappa shape index (κ2) is 7.51. The Labute approximate surface area is 158 Å². The van der Waals surface area contributed by atoms with Crippen LogP contribution in [0.15, 0.2) is 71.1 Å². The lowest BCUT2D eigenvalue weighted by Gasteiger charge is -2.06. The summed E-state index contributed by atoms with van der Waals surface area (Å²) in [5.41, 5.74) is 2.03. The molecule has 0 saturated heterocycles. The van der Waals surface area contributed by atoms with E-state index >= 15 is 0 Å². The zero-order valence-corrected chi connectivity index (χ0v) is 15.1. The lowest BCUT2D eigenvalue weighted by molar-refractivity contribution is -0.145. The summed E-state index contributed by atoms with van der Waals surface area (Å²) in [4.78, 5) is 33.2. The number of rotatable bonds is 5. The van der Waals surface area contributed by atoms with E-state index in [9.17, 15) is 9.59 Å². The predicted octanol–water partition coefficient (Wildman–Crippen LogP) is 3.26. The van der Waals surface area contributed by atoms with Crippen LogP contribution in [0.2, 0.25) is 0 Å². The Bertz CT molecular complexity index is 1150. The first-order valence-corrected chi connectivity index (χ1v) is 9.18. The summed E-state index contributed by atoms with van der Waals surface area (Å²) in [6.45, 7) is -0.121. The summed E-state index contributed by atoms with van der Waals surface area (Å²) >= 11 is 1.49. The number of carbonyl (C=O) groups is 1. The van der Waals surface area contributed by atoms with Crippen molar-refractivity contribution in [2.75, 3.05) is 0 Å². The number of fused-ring (bicyclic) bond motifs is 1. The SMILES string of the molecule is O=C(Cn1cnc2ccccc2c1=O)OCc1csc(-c2ccccc2)n1. The van der Waals surface area contributed by atoms with E-state index in [1.807, 2.05) is 41.8 Å². The number of nitrogens with zero attached hydrogens (tertiary/aromatic N) is 3. The molecule has 4 aromatic rings. The van der Waals surface area contributed by atoms with Gasteiger partial charge in [-0.1, -0.05) is 42.5 Å². The van der Waals surface area contributed by atoms with Gasteiger partial charge in [0.2, 0.25) is 0 Å². The van der Waals surface area contributed by atoms with Crippen LogP contribution in [-0.4, -0.2) is 20.5 Å². The molecule has 0 unspecified atom stereocenters. The summed E-state index contributed by atoms with van der Waals surface area (Å²) in [6.07, 6.45) is 1.36. The third-order valence-electron chi connectivity index (χ3n) is 3.98. The highest BCUT2D eigenvalue weighted by atomic mass is 32.1. The van der Waals surface area contributed by atoms with Crippen LogP contribution in [0, 0.1) is 0 Å². The summed E-state index contributed by atoms with van der Waals surface area (Å²) in [5, 5.41) is 3.20. The van der Waals surface area contributed by atoms with E-state index in [0.717, 1.165) is 10.6 Å². The van der Waals surface area contributed by atoms with Crippen molar-refractivity contribution < 1.29 is 9.53 Å². The number of aromatic nitrogens is 3. The maximum absolute atomic E-state index is 12.4. The Morgan fingerprint density at radius 2 is 1.85 bits per heavy atom. The average Bonchev–Trinajstić information content (AvgIpc) is 3.19. The van der Waals surface area contributed by atoms with Gasteiger partial charge in [0.1, 0.15) is 18.2 Å². The van der Waals surface area contributed by atoms with Crippen LogP contribution in [-0.2, 0) is 22.7 Å². The van der Waals surface area contributed by atoms with Crippen molar-refractivity contribution in [1.29, 1.82) is 0 Å². The zero-order chi connectivity index (χ0) is 18.6. The zero-order valence-electron chi connectivity index (χ0n) is 14.2. The van der Waals surface area contributed by atoms with Crippen molar-refractivity contribution in [3.8, 4) is 10.6 Å². The number of benzene rings is 2. The molecule has 0 radical (unpaired) electrons. The molecule has 0 aliphatic rings. The van der Waals surface area contributed by atoms with Gasteiger partial charge < -0.3 is 4.74 Å². The predicted molar refractivity (Wildman–Crippen MR) is 103 cm³/mol. The average molecular weight is 377 g/mol. The number of ether oxygens (including phenoxy) is 1. The van der Waals surface area contributed by atoms with Crippen LogP contribution in [0.4, 0.5) is 0 Å². The molecule has 0 amide bonds. The topological polar surface area (TPSA) is 74.1 Å². The summed E-state index contributed by atoms with van der Waals surface area (Å²) in [7, 11) is 0. The van der Waals surface area contributed by atoms with E-state index in [0.29, 0.717) is 16.6 Å². The number of esters is 1. The fourth-order valence-corrected chi connectivity index (χ4v) is 3.46. The van der Waals surface area contributed by atoms with Gasteiger partial charge in [-0.3, -0.25) is 14.2 Å². The first-order valence-electron chi connectivity index (χ1n) is 8.30. The van der Waals surface area contributed by atoms with Gasteiger partial charge in [-0.2, -0.15) is 0 Å². The van der Waals surface area contributed by atoms with Gasteiger partial charge >= 0.3 is 5.97 Å². The van der Waals surface area contributed by atoms with E-state index in [1.54, 1.807) is 18.2 Å². The molecule has 0 bridgehead atoms. The van der Waals surface area contributed by atoms with Crippen molar-refractivity contribution in [1.82, 2.24) is 14.5 Å². The maximum Gasteiger partial charge on any atom is 0.326 e. The number of thiazole rings is 1. The van der Waals surface area contributed by atoms with Crippen molar-refractivity contribution in [2.24, 2.45) is 0 Å². The molecular weight excluding hydrogens is 362 g/mol. The third kappa shape index (κ3) is 3.78. The quantitative estimate of drug-likeness (QED) is 0.499. The van der Waals surface area contributed by atoms with Gasteiger partial charge in [0.15, 0.2) is 0 Å². The molecule has 2 heterocycles. The van der Waals surface area contributed by atoms with Gasteiger partial charge in [0, 0.05) is 10.9 Å². The van der Waals surface area contributed by atoms with Crippen LogP contribution >= 0.6 is 11.3 Å². The standard InChI is InChI=1S/C20H15N3O3S/c24-18(10-23-13-21-17-9-5-4-8-16(17)20(23)25)26-11-15-12-27-19(22-15)14-6-2-1-3-7-14/h1-9,12-13H,10-11H2. The Morgan fingerprint density at radius 1 is 1.07 bits per heavy atom. The minimum atomic E-state index is -0.511. The van der Waals surface area contributed by atoms with Crippen molar-refractivity contribution in [2.45, 2.75) is 13.2 Å². The van der Waals surface area contributed by atoms with Crippen LogP contribution in [0.25, 0.3) is 21.5 Å². The van der Waals surface area contributed by atoms with Crippen LogP contribution in [0.1, 0.15) is 5.69 Å². The van der Waals surface area contributed by atoms with Crippen molar-refractivity contribution in [3.63, 3.8) is 0 Å². The molecule has 0 spiro atoms. The molecule has 2 aromatic heterocycles. The summed E-state index contributed by atoms with van der Waals surface area (Å²) in [6, 6.07) is 16.8. The van der Waals surface area contributed by atoms with Crippen LogP contribution in [0.3, 0.4) is 0 Å². The molecule has 0 N–H and O–H groups in total. The monoisotopic (exact) mass is 377 g/mol. The Kier molecular flexibility index (Phi) is 4.76. The minimum absolute atomic E-state index is 0.0674. The smallest absolute Gasteiger partial charge is 0.326 e. The van der Waals surface area contributed by atoms with Gasteiger partial charge in [-0.15, -0.1) is 11.3 Å². The second-order valence-corrected chi connectivity index (χ2v) is 6.72. The molecule has 0 saturated carbocycles. The number of para-hydroxylation sites is 1. The second-order valence-electron chi connectivity index (χ2n) is 5.87. The lowest BCUT2D eigenvalue weighted by Crippen LogP contribution is -2.25. The molecule has 0 aliphatic heterocycles. The van der Waals surface area contributed by atoms with Crippen molar-refractivity contribution >= 4 is 28.2 Å². The number of hydrogen-bond acceptors (Lipinski definition) is 6. The van der Waals surface area contributed by atoms with Gasteiger partial charge in [0.05, 0.1) is 22.9 Å². The van der Waals surface area contributed by atoms with E-state index in [1.165, 1.54) is 22.2 Å². The van der Waals surface area contributed by atoms with Gasteiger partial charge in [-0.05, 0) is 12.1 Å². The molecule has 134 valence electrons. The molecule has 7 heteroatoms. The number of carbonyl (C=O) groups excluding carboxylic acids is 1. The van der Waals surface area contributed by atoms with Crippen molar-refractivity contribution in [3.05, 3.63) is 82.4 Å². The first-order chi connectivity index (χ1) is 13.2. The molecule has 0 aliphatic carbocycles. The highest BCUT2D eigenvalue weighted by Gasteiger charge is 2.11. The highest BCUT2D eigenvalue weighted by Crippen LogP contribution is 2.23. The first kappa shape index (κ1) is 17.1. The molecule has 0 fully saturated rings. The molecule has 2 aromatic carbocycles. The molecule has 4 rings (SSSR count). The minimum Gasteiger partial charge on any atom is -0.458 e. The molecule has 6 nitrogen and oxygen atoms in total. The van der Waals surface area contributed by atoms with Gasteiger partial charge in [0.25, 0.3) is 5.56 Å². The summed E-state index contributed by atoms with van der Waals surface area (Å²) in [5.74, 6) is -0.511. The highest BCUT2D eigenvalue weighted by molar-refractivity contribution is 7.13. The van der Waals surface area contributed by atoms with Crippen LogP contribution < -0.4 is 5.56 Å². The largest absolute Gasteiger partial charge is 0.458 e.